The smallest absolute Gasteiger partial charge is 0.259 e. The highest BCUT2D eigenvalue weighted by Gasteiger charge is 2.10. The number of hydrazone groups is 1. The van der Waals surface area contributed by atoms with E-state index in [1.165, 1.54) is 5.56 Å². The van der Waals surface area contributed by atoms with Crippen molar-refractivity contribution in [1.82, 2.24) is 9.99 Å². The van der Waals surface area contributed by atoms with E-state index in [-0.39, 0.29) is 12.5 Å². The van der Waals surface area contributed by atoms with Crippen LogP contribution in [0.4, 0.5) is 5.69 Å². The van der Waals surface area contributed by atoms with Crippen molar-refractivity contribution < 1.29 is 4.79 Å². The zero-order chi connectivity index (χ0) is 20.1. The molecule has 0 aliphatic rings. The third kappa shape index (κ3) is 4.70. The molecule has 0 saturated heterocycles. The van der Waals surface area contributed by atoms with Gasteiger partial charge in [-0.15, -0.1) is 0 Å². The molecule has 5 nitrogen and oxygen atoms in total. The molecular formula is C22H23BrN4O. The Kier molecular flexibility index (Phi) is 6.31. The number of halogens is 1. The Bertz CT molecular complexity index is 1010. The molecule has 0 unspecified atom stereocenters. The van der Waals surface area contributed by atoms with Crippen molar-refractivity contribution in [3.63, 3.8) is 0 Å². The molecule has 2 N–H and O–H groups in total. The first-order chi connectivity index (χ1) is 13.5. The first-order valence-electron chi connectivity index (χ1n) is 9.02. The van der Waals surface area contributed by atoms with Crippen LogP contribution in [0.5, 0.6) is 0 Å². The van der Waals surface area contributed by atoms with Gasteiger partial charge in [0.05, 0.1) is 12.8 Å². The van der Waals surface area contributed by atoms with Crippen molar-refractivity contribution in [2.75, 3.05) is 11.9 Å². The number of anilines is 1. The van der Waals surface area contributed by atoms with Crippen molar-refractivity contribution in [2.45, 2.75) is 20.8 Å². The molecule has 0 atom stereocenters. The van der Waals surface area contributed by atoms with Gasteiger partial charge in [0, 0.05) is 32.8 Å². The number of nitrogens with one attached hydrogen (secondary N) is 2. The summed E-state index contributed by atoms with van der Waals surface area (Å²) >= 11 is 3.60. The molecular weight excluding hydrogens is 416 g/mol. The van der Waals surface area contributed by atoms with Gasteiger partial charge in [-0.25, -0.2) is 5.43 Å². The molecule has 0 saturated carbocycles. The van der Waals surface area contributed by atoms with E-state index in [4.69, 9.17) is 0 Å². The summed E-state index contributed by atoms with van der Waals surface area (Å²) in [6.07, 6.45) is 1.68. The second-order valence-corrected chi connectivity index (χ2v) is 7.46. The normalized spacial score (nSPS) is 11.0. The molecule has 0 bridgehead atoms. The molecule has 6 heteroatoms. The van der Waals surface area contributed by atoms with Gasteiger partial charge in [-0.2, -0.15) is 5.10 Å². The summed E-state index contributed by atoms with van der Waals surface area (Å²) in [5.74, 6) is -0.198. The van der Waals surface area contributed by atoms with E-state index < -0.39 is 0 Å². The third-order valence-electron chi connectivity index (χ3n) is 4.50. The zero-order valence-corrected chi connectivity index (χ0v) is 17.7. The summed E-state index contributed by atoms with van der Waals surface area (Å²) in [5.41, 5.74) is 8.87. The number of aryl methyl sites for hydroxylation is 2. The average Bonchev–Trinajstić information content (AvgIpc) is 2.97. The van der Waals surface area contributed by atoms with Gasteiger partial charge in [0.2, 0.25) is 0 Å². The third-order valence-corrected chi connectivity index (χ3v) is 5.36. The summed E-state index contributed by atoms with van der Waals surface area (Å²) in [6, 6.07) is 17.9. The Morgan fingerprint density at radius 3 is 2.57 bits per heavy atom. The Hall–Kier alpha value is -2.86. The van der Waals surface area contributed by atoms with Gasteiger partial charge in [0.1, 0.15) is 0 Å². The van der Waals surface area contributed by atoms with Crippen LogP contribution in [-0.2, 0) is 4.79 Å². The minimum Gasteiger partial charge on any atom is -0.376 e. The second-order valence-electron chi connectivity index (χ2n) is 6.61. The van der Waals surface area contributed by atoms with Crippen molar-refractivity contribution >= 4 is 33.7 Å². The van der Waals surface area contributed by atoms with E-state index in [1.807, 2.05) is 37.3 Å². The van der Waals surface area contributed by atoms with Crippen LogP contribution in [0.2, 0.25) is 0 Å². The number of carbonyl (C=O) groups excluding carboxylic acids is 1. The molecule has 1 heterocycles. The number of carbonyl (C=O) groups is 1. The predicted octanol–water partition coefficient (Wildman–Crippen LogP) is 4.73. The number of benzene rings is 2. The SMILES string of the molecule is Cc1ccc(-n2c(C)cc(/C=N\NC(=O)CNc3ccccc3)c2C)cc1Br. The number of amides is 1. The lowest BCUT2D eigenvalue weighted by atomic mass is 10.2. The molecule has 2 aromatic carbocycles. The topological polar surface area (TPSA) is 58.4 Å². The Labute approximate surface area is 173 Å². The monoisotopic (exact) mass is 438 g/mol. The highest BCUT2D eigenvalue weighted by molar-refractivity contribution is 9.10. The molecule has 0 aliphatic carbocycles. The first kappa shape index (κ1) is 19.9. The standard InChI is InChI=1S/C22H23BrN4O/c1-15-9-10-20(12-21(15)23)27-16(2)11-18(17(27)3)13-25-26-22(28)14-24-19-7-5-4-6-8-19/h4-13,24H,14H2,1-3H3,(H,26,28)/b25-13-. The number of hydrogen-bond donors (Lipinski definition) is 2. The minimum atomic E-state index is -0.198. The number of nitrogens with zero attached hydrogens (tertiary/aromatic N) is 2. The van der Waals surface area contributed by atoms with E-state index in [9.17, 15) is 4.79 Å². The fraction of sp³-hybridized carbons (Fsp3) is 0.182. The molecule has 28 heavy (non-hydrogen) atoms. The molecule has 0 aliphatic heterocycles. The van der Waals surface area contributed by atoms with Crippen molar-refractivity contribution in [2.24, 2.45) is 5.10 Å². The maximum atomic E-state index is 12.0. The fourth-order valence-corrected chi connectivity index (χ4v) is 3.35. The summed E-state index contributed by atoms with van der Waals surface area (Å²) in [6.45, 7) is 6.33. The maximum absolute atomic E-state index is 12.0. The largest absolute Gasteiger partial charge is 0.376 e. The second kappa shape index (κ2) is 8.89. The highest BCUT2D eigenvalue weighted by atomic mass is 79.9. The molecule has 0 radical (unpaired) electrons. The molecule has 3 aromatic rings. The molecule has 0 spiro atoms. The fourth-order valence-electron chi connectivity index (χ4n) is 2.99. The van der Waals surface area contributed by atoms with Crippen LogP contribution < -0.4 is 10.7 Å². The Morgan fingerprint density at radius 2 is 1.86 bits per heavy atom. The van der Waals surface area contributed by atoms with Gasteiger partial charge < -0.3 is 9.88 Å². The maximum Gasteiger partial charge on any atom is 0.259 e. The van der Waals surface area contributed by atoms with Gasteiger partial charge >= 0.3 is 0 Å². The van der Waals surface area contributed by atoms with Crippen LogP contribution in [0.3, 0.4) is 0 Å². The van der Waals surface area contributed by atoms with Crippen molar-refractivity contribution in [3.8, 4) is 5.69 Å². The van der Waals surface area contributed by atoms with Crippen LogP contribution in [0.15, 0.2) is 64.2 Å². The van der Waals surface area contributed by atoms with E-state index in [2.05, 4.69) is 74.5 Å². The quantitative estimate of drug-likeness (QED) is 0.431. The molecule has 1 amide bonds. The zero-order valence-electron chi connectivity index (χ0n) is 16.2. The number of hydrogen-bond acceptors (Lipinski definition) is 3. The Morgan fingerprint density at radius 1 is 1.11 bits per heavy atom. The van der Waals surface area contributed by atoms with Crippen LogP contribution >= 0.6 is 15.9 Å². The van der Waals surface area contributed by atoms with Gasteiger partial charge in [0.25, 0.3) is 5.91 Å². The number of rotatable bonds is 6. The molecule has 0 fully saturated rings. The van der Waals surface area contributed by atoms with Crippen LogP contribution in [0, 0.1) is 20.8 Å². The summed E-state index contributed by atoms with van der Waals surface area (Å²) in [4.78, 5) is 12.0. The first-order valence-corrected chi connectivity index (χ1v) is 9.81. The minimum absolute atomic E-state index is 0.164. The van der Waals surface area contributed by atoms with Gasteiger partial charge in [-0.1, -0.05) is 40.2 Å². The lowest BCUT2D eigenvalue weighted by Gasteiger charge is -2.11. The van der Waals surface area contributed by atoms with Crippen molar-refractivity contribution in [1.29, 1.82) is 0 Å². The van der Waals surface area contributed by atoms with Crippen LogP contribution in [-0.4, -0.2) is 23.2 Å². The number of aromatic nitrogens is 1. The van der Waals surface area contributed by atoms with E-state index in [1.54, 1.807) is 6.21 Å². The van der Waals surface area contributed by atoms with E-state index in [0.717, 1.165) is 32.8 Å². The average molecular weight is 439 g/mol. The number of para-hydroxylation sites is 1. The predicted molar refractivity (Wildman–Crippen MR) is 118 cm³/mol. The Balaban J connectivity index is 1.66. The van der Waals surface area contributed by atoms with E-state index >= 15 is 0 Å². The van der Waals surface area contributed by atoms with Crippen molar-refractivity contribution in [3.05, 3.63) is 81.6 Å². The van der Waals surface area contributed by atoms with Gasteiger partial charge in [-0.05, 0) is 56.7 Å². The summed E-state index contributed by atoms with van der Waals surface area (Å²) in [7, 11) is 0. The summed E-state index contributed by atoms with van der Waals surface area (Å²) in [5, 5.41) is 7.16. The molecule has 1 aromatic heterocycles. The lowest BCUT2D eigenvalue weighted by Crippen LogP contribution is -2.25. The molecule has 144 valence electrons. The van der Waals surface area contributed by atoms with Crippen LogP contribution in [0.1, 0.15) is 22.5 Å². The lowest BCUT2D eigenvalue weighted by molar-refractivity contribution is -0.119. The molecule has 3 rings (SSSR count). The van der Waals surface area contributed by atoms with E-state index in [0.29, 0.717) is 0 Å². The highest BCUT2D eigenvalue weighted by Crippen LogP contribution is 2.24. The van der Waals surface area contributed by atoms with Gasteiger partial charge in [-0.3, -0.25) is 4.79 Å². The van der Waals surface area contributed by atoms with Crippen LogP contribution in [0.25, 0.3) is 5.69 Å². The van der Waals surface area contributed by atoms with Gasteiger partial charge in [0.15, 0.2) is 0 Å². The summed E-state index contributed by atoms with van der Waals surface area (Å²) < 4.78 is 3.25.